The van der Waals surface area contributed by atoms with Crippen LogP contribution < -0.4 is 21.1 Å². The van der Waals surface area contributed by atoms with Gasteiger partial charge in [0.15, 0.2) is 5.11 Å². The minimum Gasteiger partial charge on any atom is -0.331 e. The molecule has 0 aliphatic carbocycles. The molecule has 3 N–H and O–H groups in total. The highest BCUT2D eigenvalue weighted by Gasteiger charge is 2.22. The molecule has 2 amide bonds. The Kier molecular flexibility index (Phi) is 6.26. The van der Waals surface area contributed by atoms with Gasteiger partial charge in [0.1, 0.15) is 0 Å². The van der Waals surface area contributed by atoms with Gasteiger partial charge in [-0.05, 0) is 61.3 Å². The van der Waals surface area contributed by atoms with Gasteiger partial charge in [-0.3, -0.25) is 20.4 Å². The van der Waals surface area contributed by atoms with Crippen molar-refractivity contribution in [2.24, 2.45) is 0 Å². The molecule has 1 heterocycles. The van der Waals surface area contributed by atoms with Crippen LogP contribution in [0.2, 0.25) is 0 Å². The zero-order valence-electron chi connectivity index (χ0n) is 16.0. The van der Waals surface area contributed by atoms with Gasteiger partial charge >= 0.3 is 0 Å². The summed E-state index contributed by atoms with van der Waals surface area (Å²) in [6.07, 6.45) is 2.27. The molecule has 0 radical (unpaired) electrons. The van der Waals surface area contributed by atoms with Crippen molar-refractivity contribution in [1.29, 1.82) is 0 Å². The minimum absolute atomic E-state index is 0.0889. The molecule has 146 valence electrons. The average Bonchev–Trinajstić information content (AvgIpc) is 3.13. The van der Waals surface area contributed by atoms with Crippen LogP contribution in [-0.2, 0) is 11.2 Å². The summed E-state index contributed by atoms with van der Waals surface area (Å²) in [5.74, 6) is -0.232. The Bertz CT molecular complexity index is 913. The number of carbonyl (C=O) groups is 2. The molecule has 0 bridgehead atoms. The van der Waals surface area contributed by atoms with Crippen molar-refractivity contribution in [3.8, 4) is 0 Å². The Labute approximate surface area is 170 Å². The van der Waals surface area contributed by atoms with Gasteiger partial charge in [-0.15, -0.1) is 0 Å². The van der Waals surface area contributed by atoms with E-state index in [0.29, 0.717) is 23.6 Å². The van der Waals surface area contributed by atoms with Gasteiger partial charge in [0.05, 0.1) is 0 Å². The molecule has 0 unspecified atom stereocenters. The van der Waals surface area contributed by atoms with Crippen molar-refractivity contribution in [2.75, 3.05) is 16.8 Å². The summed E-state index contributed by atoms with van der Waals surface area (Å²) in [6.45, 7) is 4.77. The normalized spacial score (nSPS) is 13.4. The number of hydrazine groups is 1. The van der Waals surface area contributed by atoms with Gasteiger partial charge in [-0.1, -0.05) is 31.2 Å². The molecule has 1 saturated heterocycles. The van der Waals surface area contributed by atoms with E-state index in [2.05, 4.69) is 23.1 Å². The largest absolute Gasteiger partial charge is 0.331 e. The van der Waals surface area contributed by atoms with E-state index < -0.39 is 0 Å². The lowest BCUT2D eigenvalue weighted by Crippen LogP contribution is -2.44. The Morgan fingerprint density at radius 1 is 1.18 bits per heavy atom. The summed E-state index contributed by atoms with van der Waals surface area (Å²) in [4.78, 5) is 26.1. The fourth-order valence-corrected chi connectivity index (χ4v) is 3.42. The third kappa shape index (κ3) is 4.48. The molecule has 0 saturated carbocycles. The number of carbonyl (C=O) groups excluding carboxylic acids is 2. The maximum absolute atomic E-state index is 12.5. The van der Waals surface area contributed by atoms with Gasteiger partial charge in [0.2, 0.25) is 5.91 Å². The summed E-state index contributed by atoms with van der Waals surface area (Å²) < 4.78 is 0. The first kappa shape index (κ1) is 19.8. The fourth-order valence-electron chi connectivity index (χ4n) is 3.27. The number of rotatable bonds is 4. The summed E-state index contributed by atoms with van der Waals surface area (Å²) >= 11 is 5.31. The Morgan fingerprint density at radius 2 is 1.96 bits per heavy atom. The Balaban J connectivity index is 1.61. The fraction of sp³-hybridized carbons (Fsp3) is 0.286. The Hall–Kier alpha value is -2.93. The maximum Gasteiger partial charge on any atom is 0.269 e. The molecule has 0 atom stereocenters. The van der Waals surface area contributed by atoms with Crippen molar-refractivity contribution in [3.63, 3.8) is 0 Å². The molecule has 2 aromatic rings. The van der Waals surface area contributed by atoms with Crippen LogP contribution in [0.4, 0.5) is 11.4 Å². The van der Waals surface area contributed by atoms with Crippen molar-refractivity contribution < 1.29 is 9.59 Å². The smallest absolute Gasteiger partial charge is 0.269 e. The van der Waals surface area contributed by atoms with Crippen LogP contribution in [0.15, 0.2) is 42.5 Å². The van der Waals surface area contributed by atoms with Crippen LogP contribution >= 0.6 is 12.2 Å². The van der Waals surface area contributed by atoms with Crippen LogP contribution in [0.1, 0.15) is 41.3 Å². The van der Waals surface area contributed by atoms with Crippen LogP contribution in [0, 0.1) is 6.92 Å². The van der Waals surface area contributed by atoms with Crippen LogP contribution in [0.5, 0.6) is 0 Å². The number of hydrogen-bond acceptors (Lipinski definition) is 3. The third-order valence-corrected chi connectivity index (χ3v) is 4.97. The standard InChI is InChI=1S/C21H24N4O2S/c1-3-15-8-4-7-14(2)19(15)22-21(28)24-23-20(27)16-9-5-10-17(13-16)25-12-6-11-18(25)26/h4-5,7-10,13H,3,6,11-12H2,1-2H3,(H,23,27)(H2,22,24,28). The second-order valence-electron chi connectivity index (χ2n) is 6.70. The molecule has 0 aromatic heterocycles. The number of nitrogens with zero attached hydrogens (tertiary/aromatic N) is 1. The molecule has 1 aliphatic rings. The molecule has 2 aromatic carbocycles. The molecule has 6 nitrogen and oxygen atoms in total. The number of hydrogen-bond donors (Lipinski definition) is 3. The predicted molar refractivity (Wildman–Crippen MR) is 115 cm³/mol. The molecule has 1 aliphatic heterocycles. The summed E-state index contributed by atoms with van der Waals surface area (Å²) in [5.41, 5.74) is 9.73. The van der Waals surface area contributed by atoms with Crippen LogP contribution in [-0.4, -0.2) is 23.5 Å². The van der Waals surface area contributed by atoms with Crippen molar-refractivity contribution in [2.45, 2.75) is 33.1 Å². The van der Waals surface area contributed by atoms with Crippen LogP contribution in [0.3, 0.4) is 0 Å². The van der Waals surface area contributed by atoms with E-state index in [1.54, 1.807) is 23.1 Å². The SMILES string of the molecule is CCc1cccc(C)c1NC(=S)NNC(=O)c1cccc(N2CCCC2=O)c1. The topological polar surface area (TPSA) is 73.5 Å². The van der Waals surface area contributed by atoms with Crippen LogP contribution in [0.25, 0.3) is 0 Å². The molecule has 1 fully saturated rings. The van der Waals surface area contributed by atoms with E-state index in [1.807, 2.05) is 31.2 Å². The van der Waals surface area contributed by atoms with Crippen molar-refractivity contribution >= 4 is 40.5 Å². The zero-order chi connectivity index (χ0) is 20.1. The van der Waals surface area contributed by atoms with E-state index in [-0.39, 0.29) is 11.8 Å². The van der Waals surface area contributed by atoms with Gasteiger partial charge in [-0.25, -0.2) is 0 Å². The second-order valence-corrected chi connectivity index (χ2v) is 7.10. The third-order valence-electron chi connectivity index (χ3n) is 4.76. The highest BCUT2D eigenvalue weighted by molar-refractivity contribution is 7.80. The molecular formula is C21H24N4O2S. The number of anilines is 2. The maximum atomic E-state index is 12.5. The highest BCUT2D eigenvalue weighted by atomic mass is 32.1. The summed E-state index contributed by atoms with van der Waals surface area (Å²) in [6, 6.07) is 13.1. The van der Waals surface area contributed by atoms with E-state index in [0.717, 1.165) is 35.3 Å². The first-order valence-corrected chi connectivity index (χ1v) is 9.76. The Morgan fingerprint density at radius 3 is 2.68 bits per heavy atom. The van der Waals surface area contributed by atoms with Crippen molar-refractivity contribution in [1.82, 2.24) is 10.9 Å². The van der Waals surface area contributed by atoms with E-state index >= 15 is 0 Å². The van der Waals surface area contributed by atoms with E-state index in [1.165, 1.54) is 0 Å². The van der Waals surface area contributed by atoms with Gasteiger partial charge < -0.3 is 10.2 Å². The predicted octanol–water partition coefficient (Wildman–Crippen LogP) is 3.32. The van der Waals surface area contributed by atoms with Crippen molar-refractivity contribution in [3.05, 3.63) is 59.2 Å². The molecular weight excluding hydrogens is 372 g/mol. The number of aryl methyl sites for hydroxylation is 2. The molecule has 0 spiro atoms. The molecule has 28 heavy (non-hydrogen) atoms. The number of para-hydroxylation sites is 1. The quantitative estimate of drug-likeness (QED) is 0.546. The first-order chi connectivity index (χ1) is 13.5. The molecule has 3 rings (SSSR count). The molecule has 7 heteroatoms. The lowest BCUT2D eigenvalue weighted by atomic mass is 10.1. The van der Waals surface area contributed by atoms with Gasteiger partial charge in [0, 0.05) is 29.9 Å². The summed E-state index contributed by atoms with van der Waals surface area (Å²) in [7, 11) is 0. The lowest BCUT2D eigenvalue weighted by molar-refractivity contribution is -0.117. The first-order valence-electron chi connectivity index (χ1n) is 9.36. The average molecular weight is 397 g/mol. The number of benzene rings is 2. The second kappa shape index (κ2) is 8.84. The lowest BCUT2D eigenvalue weighted by Gasteiger charge is -2.17. The van der Waals surface area contributed by atoms with E-state index in [9.17, 15) is 9.59 Å². The highest BCUT2D eigenvalue weighted by Crippen LogP contribution is 2.22. The monoisotopic (exact) mass is 396 g/mol. The summed E-state index contributed by atoms with van der Waals surface area (Å²) in [5, 5.41) is 3.46. The zero-order valence-corrected chi connectivity index (χ0v) is 16.9. The van der Waals surface area contributed by atoms with Gasteiger partial charge in [0.25, 0.3) is 5.91 Å². The van der Waals surface area contributed by atoms with Gasteiger partial charge in [-0.2, -0.15) is 0 Å². The number of nitrogens with one attached hydrogen (secondary N) is 3. The minimum atomic E-state index is -0.321. The van der Waals surface area contributed by atoms with E-state index in [4.69, 9.17) is 12.2 Å². The number of thiocarbonyl (C=S) groups is 1. The number of amides is 2.